The third-order valence-electron chi connectivity index (χ3n) is 4.46. The highest BCUT2D eigenvalue weighted by Gasteiger charge is 2.31. The minimum atomic E-state index is -4.38. The molecular weight excluding hydrogens is 345 g/mol. The zero-order valence-corrected chi connectivity index (χ0v) is 14.8. The van der Waals surface area contributed by atoms with Gasteiger partial charge in [-0.1, -0.05) is 18.5 Å². The molecule has 8 heteroatoms. The largest absolute Gasteiger partial charge is 0.416 e. The van der Waals surface area contributed by atoms with Gasteiger partial charge in [0.1, 0.15) is 0 Å². The van der Waals surface area contributed by atoms with Gasteiger partial charge in [-0.25, -0.2) is 0 Å². The Labute approximate surface area is 150 Å². The molecule has 0 radical (unpaired) electrons. The zero-order chi connectivity index (χ0) is 18.6. The van der Waals surface area contributed by atoms with Crippen LogP contribution in [0, 0.1) is 0 Å². The lowest BCUT2D eigenvalue weighted by atomic mass is 10.1. The molecule has 3 rings (SSSR count). The number of alkyl halides is 3. The van der Waals surface area contributed by atoms with Gasteiger partial charge in [0.2, 0.25) is 5.89 Å². The number of nitrogens with zero attached hydrogens (tertiary/aromatic N) is 3. The van der Waals surface area contributed by atoms with Crippen molar-refractivity contribution in [2.45, 2.75) is 51.7 Å². The number of hydrogen-bond donors (Lipinski definition) is 1. The molecule has 1 N–H and O–H groups in total. The van der Waals surface area contributed by atoms with Crippen LogP contribution in [0.2, 0.25) is 0 Å². The van der Waals surface area contributed by atoms with Crippen molar-refractivity contribution in [3.63, 3.8) is 0 Å². The van der Waals surface area contributed by atoms with Crippen molar-refractivity contribution in [1.29, 1.82) is 0 Å². The van der Waals surface area contributed by atoms with Gasteiger partial charge in [0.05, 0.1) is 23.5 Å². The summed E-state index contributed by atoms with van der Waals surface area (Å²) in [5.41, 5.74) is 0.549. The minimum Gasteiger partial charge on any atom is -0.374 e. The molecule has 1 aromatic carbocycles. The van der Waals surface area contributed by atoms with Crippen molar-refractivity contribution in [1.82, 2.24) is 10.1 Å². The molecule has 0 bridgehead atoms. The summed E-state index contributed by atoms with van der Waals surface area (Å²) in [7, 11) is 0. The maximum Gasteiger partial charge on any atom is 0.416 e. The highest BCUT2D eigenvalue weighted by Crippen LogP contribution is 2.36. The third kappa shape index (κ3) is 4.47. The average Bonchev–Trinajstić information content (AvgIpc) is 3.29. The van der Waals surface area contributed by atoms with Crippen LogP contribution in [-0.4, -0.2) is 23.2 Å². The van der Waals surface area contributed by atoms with Crippen LogP contribution in [0.15, 0.2) is 22.7 Å². The molecule has 2 heterocycles. The van der Waals surface area contributed by atoms with Crippen molar-refractivity contribution in [3.8, 4) is 0 Å². The van der Waals surface area contributed by atoms with Crippen LogP contribution in [-0.2, 0) is 19.1 Å². The third-order valence-corrected chi connectivity index (χ3v) is 4.46. The second kappa shape index (κ2) is 7.97. The number of aryl methyl sites for hydroxylation is 1. The summed E-state index contributed by atoms with van der Waals surface area (Å²) in [5.74, 6) is 1.01. The molecule has 0 saturated carbocycles. The topological polar surface area (TPSA) is 54.2 Å². The molecule has 1 saturated heterocycles. The maximum absolute atomic E-state index is 13.1. The fraction of sp³-hybridized carbons (Fsp3) is 0.556. The van der Waals surface area contributed by atoms with E-state index in [0.29, 0.717) is 17.4 Å². The van der Waals surface area contributed by atoms with E-state index in [1.165, 1.54) is 6.07 Å². The molecule has 0 amide bonds. The van der Waals surface area contributed by atoms with E-state index in [-0.39, 0.29) is 6.54 Å². The number of nitrogens with one attached hydrogen (secondary N) is 1. The van der Waals surface area contributed by atoms with E-state index in [4.69, 9.17) is 4.52 Å². The van der Waals surface area contributed by atoms with Crippen molar-refractivity contribution in [3.05, 3.63) is 35.5 Å². The Morgan fingerprint density at radius 1 is 1.23 bits per heavy atom. The summed E-state index contributed by atoms with van der Waals surface area (Å²) in [5, 5.41) is 6.96. The van der Waals surface area contributed by atoms with Crippen molar-refractivity contribution < 1.29 is 17.7 Å². The molecule has 1 fully saturated rings. The van der Waals surface area contributed by atoms with Gasteiger partial charge >= 0.3 is 6.18 Å². The summed E-state index contributed by atoms with van der Waals surface area (Å²) in [6, 6.07) is 3.83. The van der Waals surface area contributed by atoms with Gasteiger partial charge in [0.25, 0.3) is 0 Å². The van der Waals surface area contributed by atoms with Gasteiger partial charge in [-0.3, -0.25) is 0 Å². The molecule has 0 spiro atoms. The van der Waals surface area contributed by atoms with Gasteiger partial charge in [-0.15, -0.1) is 0 Å². The van der Waals surface area contributed by atoms with Crippen LogP contribution in [0.5, 0.6) is 0 Å². The lowest BCUT2D eigenvalue weighted by molar-refractivity contribution is -0.137. The highest BCUT2D eigenvalue weighted by molar-refractivity contribution is 5.71. The molecule has 1 aromatic heterocycles. The van der Waals surface area contributed by atoms with Crippen molar-refractivity contribution in [2.75, 3.05) is 23.3 Å². The van der Waals surface area contributed by atoms with E-state index in [1.807, 2.05) is 0 Å². The molecule has 2 aromatic rings. The van der Waals surface area contributed by atoms with E-state index < -0.39 is 11.7 Å². The zero-order valence-electron chi connectivity index (χ0n) is 14.8. The predicted molar refractivity (Wildman–Crippen MR) is 93.1 cm³/mol. The second-order valence-electron chi connectivity index (χ2n) is 6.49. The SMILES string of the molecule is CCCCc1noc(CNc2cc(C(F)(F)F)ccc2N2CCCC2)n1. The first-order valence-electron chi connectivity index (χ1n) is 8.99. The van der Waals surface area contributed by atoms with Crippen LogP contribution < -0.4 is 10.2 Å². The monoisotopic (exact) mass is 368 g/mol. The minimum absolute atomic E-state index is 0.196. The molecule has 26 heavy (non-hydrogen) atoms. The first-order chi connectivity index (χ1) is 12.5. The molecule has 0 atom stereocenters. The highest BCUT2D eigenvalue weighted by atomic mass is 19.4. The number of anilines is 2. The lowest BCUT2D eigenvalue weighted by Gasteiger charge is -2.23. The number of hydrogen-bond acceptors (Lipinski definition) is 5. The van der Waals surface area contributed by atoms with Crippen LogP contribution in [0.4, 0.5) is 24.5 Å². The summed E-state index contributed by atoms with van der Waals surface area (Å²) in [4.78, 5) is 6.39. The van der Waals surface area contributed by atoms with Crippen molar-refractivity contribution >= 4 is 11.4 Å². The Morgan fingerprint density at radius 2 is 2.00 bits per heavy atom. The molecule has 0 aliphatic carbocycles. The predicted octanol–water partition coefficient (Wildman–Crippen LogP) is 4.64. The van der Waals surface area contributed by atoms with E-state index in [1.54, 1.807) is 0 Å². The summed E-state index contributed by atoms with van der Waals surface area (Å²) >= 11 is 0. The first-order valence-corrected chi connectivity index (χ1v) is 8.99. The molecule has 0 unspecified atom stereocenters. The number of aromatic nitrogens is 2. The van der Waals surface area contributed by atoms with Crippen LogP contribution >= 0.6 is 0 Å². The number of halogens is 3. The fourth-order valence-electron chi connectivity index (χ4n) is 3.06. The number of unbranched alkanes of at least 4 members (excludes halogenated alkanes) is 1. The van der Waals surface area contributed by atoms with Crippen LogP contribution in [0.1, 0.15) is 49.9 Å². The quantitative estimate of drug-likeness (QED) is 0.771. The normalized spacial score (nSPS) is 14.8. The summed E-state index contributed by atoms with van der Waals surface area (Å²) < 4.78 is 44.4. The van der Waals surface area contributed by atoms with E-state index in [9.17, 15) is 13.2 Å². The van der Waals surface area contributed by atoms with Gasteiger partial charge in [-0.2, -0.15) is 18.2 Å². The summed E-state index contributed by atoms with van der Waals surface area (Å²) in [6.45, 7) is 3.97. The Hall–Kier alpha value is -2.25. The fourth-order valence-corrected chi connectivity index (χ4v) is 3.06. The van der Waals surface area contributed by atoms with Gasteiger partial charge < -0.3 is 14.7 Å². The van der Waals surface area contributed by atoms with E-state index >= 15 is 0 Å². The summed E-state index contributed by atoms with van der Waals surface area (Å²) in [6.07, 6.45) is 0.459. The smallest absolute Gasteiger partial charge is 0.374 e. The average molecular weight is 368 g/mol. The Kier molecular flexibility index (Phi) is 5.68. The lowest BCUT2D eigenvalue weighted by Crippen LogP contribution is -2.20. The first kappa shape index (κ1) is 18.5. The van der Waals surface area contributed by atoms with Crippen molar-refractivity contribution in [2.24, 2.45) is 0 Å². The molecular formula is C18H23F3N4O. The van der Waals surface area contributed by atoms with Crippen LogP contribution in [0.3, 0.4) is 0 Å². The van der Waals surface area contributed by atoms with Crippen LogP contribution in [0.25, 0.3) is 0 Å². The van der Waals surface area contributed by atoms with E-state index in [2.05, 4.69) is 27.3 Å². The molecule has 1 aliphatic heterocycles. The second-order valence-corrected chi connectivity index (χ2v) is 6.49. The molecule has 142 valence electrons. The number of benzene rings is 1. The maximum atomic E-state index is 13.1. The Bertz CT molecular complexity index is 723. The Morgan fingerprint density at radius 3 is 2.69 bits per heavy atom. The van der Waals surface area contributed by atoms with Gasteiger partial charge in [0.15, 0.2) is 5.82 Å². The standard InChI is InChI=1S/C18H23F3N4O/c1-2-3-6-16-23-17(26-24-16)12-22-14-11-13(18(19,20)21)7-8-15(14)25-9-4-5-10-25/h7-8,11,22H,2-6,9-10,12H2,1H3. The molecule has 5 nitrogen and oxygen atoms in total. The van der Waals surface area contributed by atoms with Gasteiger partial charge in [-0.05, 0) is 37.5 Å². The number of rotatable bonds is 7. The Balaban J connectivity index is 1.76. The van der Waals surface area contributed by atoms with Gasteiger partial charge in [0, 0.05) is 19.5 Å². The molecule has 1 aliphatic rings. The van der Waals surface area contributed by atoms with E-state index in [0.717, 1.165) is 63.0 Å².